The van der Waals surface area contributed by atoms with E-state index in [-0.39, 0.29) is 11.7 Å². The maximum Gasteiger partial charge on any atom is 0.338 e. The Labute approximate surface area is 175 Å². The number of furan rings is 1. The van der Waals surface area contributed by atoms with E-state index in [1.165, 1.54) is 6.92 Å². The van der Waals surface area contributed by atoms with E-state index in [4.69, 9.17) is 21.4 Å². The predicted molar refractivity (Wildman–Crippen MR) is 114 cm³/mol. The van der Waals surface area contributed by atoms with Crippen molar-refractivity contribution in [3.05, 3.63) is 59.0 Å². The van der Waals surface area contributed by atoms with Gasteiger partial charge in [0.2, 0.25) is 0 Å². The Morgan fingerprint density at radius 3 is 2.48 bits per heavy atom. The second-order valence-corrected chi connectivity index (χ2v) is 7.81. The van der Waals surface area contributed by atoms with E-state index in [1.807, 2.05) is 38.1 Å². The number of carbonyl (C=O) groups is 2. The van der Waals surface area contributed by atoms with E-state index in [0.29, 0.717) is 40.1 Å². The third-order valence-corrected chi connectivity index (χ3v) is 4.74. The number of Topliss-reactive ketones (excluding diaryl/α,β-unsaturated/α-hetero) is 1. The molecule has 2 heterocycles. The average Bonchev–Trinajstić information content (AvgIpc) is 3.15. The molecule has 0 saturated heterocycles. The van der Waals surface area contributed by atoms with Crippen LogP contribution in [0.25, 0.3) is 11.3 Å². The van der Waals surface area contributed by atoms with E-state index in [9.17, 15) is 9.59 Å². The summed E-state index contributed by atoms with van der Waals surface area (Å²) in [5.41, 5.74) is 2.55. The first-order chi connectivity index (χ1) is 13.8. The van der Waals surface area contributed by atoms with Crippen LogP contribution < -0.4 is 10.6 Å². The molecule has 0 fully saturated rings. The number of thiocarbonyl (C=S) groups is 1. The SMILES string of the molecule is CC(=O)c1ccc(-c2ccc([C@@H]3NC(=S)NC(C)=C3C(=O)OCC(C)C)o2)cc1. The molecule has 0 aliphatic carbocycles. The Kier molecular flexibility index (Phi) is 6.17. The van der Waals surface area contributed by atoms with Crippen molar-refractivity contribution >= 4 is 29.1 Å². The number of ether oxygens (including phenoxy) is 1. The average molecular weight is 413 g/mol. The highest BCUT2D eigenvalue weighted by Crippen LogP contribution is 2.32. The quantitative estimate of drug-likeness (QED) is 0.419. The predicted octanol–water partition coefficient (Wildman–Crippen LogP) is 4.14. The summed E-state index contributed by atoms with van der Waals surface area (Å²) in [5.74, 6) is 1.02. The first kappa shape index (κ1) is 20.8. The highest BCUT2D eigenvalue weighted by Gasteiger charge is 2.33. The fourth-order valence-electron chi connectivity index (χ4n) is 3.03. The normalized spacial score (nSPS) is 16.4. The highest BCUT2D eigenvalue weighted by atomic mass is 32.1. The number of allylic oxidation sites excluding steroid dienone is 1. The van der Waals surface area contributed by atoms with Gasteiger partial charge < -0.3 is 19.8 Å². The van der Waals surface area contributed by atoms with Crippen LogP contribution in [0.3, 0.4) is 0 Å². The molecule has 2 aromatic rings. The number of rotatable bonds is 6. The fraction of sp³-hybridized carbons (Fsp3) is 0.318. The molecule has 0 amide bonds. The Hall–Kier alpha value is -2.93. The molecule has 3 rings (SSSR count). The van der Waals surface area contributed by atoms with E-state index < -0.39 is 12.0 Å². The lowest BCUT2D eigenvalue weighted by Gasteiger charge is -2.28. The Bertz CT molecular complexity index is 973. The van der Waals surface area contributed by atoms with Gasteiger partial charge in [-0.3, -0.25) is 4.79 Å². The molecule has 0 spiro atoms. The lowest BCUT2D eigenvalue weighted by molar-refractivity contribution is -0.140. The third-order valence-electron chi connectivity index (χ3n) is 4.52. The van der Waals surface area contributed by atoms with Crippen molar-refractivity contribution in [3.63, 3.8) is 0 Å². The number of esters is 1. The van der Waals surface area contributed by atoms with Gasteiger partial charge in [0.1, 0.15) is 17.6 Å². The molecule has 1 aromatic heterocycles. The molecule has 6 nitrogen and oxygen atoms in total. The molecule has 0 radical (unpaired) electrons. The van der Waals surface area contributed by atoms with Gasteiger partial charge in [0.25, 0.3) is 0 Å². The molecule has 2 N–H and O–H groups in total. The summed E-state index contributed by atoms with van der Waals surface area (Å²) in [6, 6.07) is 10.3. The highest BCUT2D eigenvalue weighted by molar-refractivity contribution is 7.80. The minimum Gasteiger partial charge on any atom is -0.462 e. The van der Waals surface area contributed by atoms with E-state index in [2.05, 4.69) is 10.6 Å². The summed E-state index contributed by atoms with van der Waals surface area (Å²) in [5, 5.41) is 6.49. The van der Waals surface area contributed by atoms with Gasteiger partial charge in [-0.2, -0.15) is 0 Å². The maximum atomic E-state index is 12.7. The van der Waals surface area contributed by atoms with Crippen LogP contribution in [0.15, 0.2) is 52.1 Å². The molecule has 0 unspecified atom stereocenters. The summed E-state index contributed by atoms with van der Waals surface area (Å²) in [4.78, 5) is 24.2. The van der Waals surface area contributed by atoms with Gasteiger partial charge >= 0.3 is 5.97 Å². The smallest absolute Gasteiger partial charge is 0.338 e. The van der Waals surface area contributed by atoms with Gasteiger partial charge in [0, 0.05) is 16.8 Å². The number of carbonyl (C=O) groups excluding carboxylic acids is 2. The molecule has 7 heteroatoms. The molecule has 29 heavy (non-hydrogen) atoms. The van der Waals surface area contributed by atoms with Crippen LogP contribution in [0.5, 0.6) is 0 Å². The van der Waals surface area contributed by atoms with Gasteiger partial charge in [-0.05, 0) is 44.1 Å². The molecule has 1 aliphatic rings. The summed E-state index contributed by atoms with van der Waals surface area (Å²) in [6.07, 6.45) is 0. The van der Waals surface area contributed by atoms with Crippen molar-refractivity contribution in [1.82, 2.24) is 10.6 Å². The van der Waals surface area contributed by atoms with E-state index >= 15 is 0 Å². The maximum absolute atomic E-state index is 12.7. The van der Waals surface area contributed by atoms with Crippen molar-refractivity contribution in [2.45, 2.75) is 33.7 Å². The standard InChI is InChI=1S/C22H24N2O4S/c1-12(2)11-27-21(26)19-13(3)23-22(29)24-20(19)18-10-9-17(28-18)16-7-5-15(6-8-16)14(4)25/h5-10,12,20H,11H2,1-4H3,(H2,23,24,29)/t20-/m0/s1. The van der Waals surface area contributed by atoms with Crippen LogP contribution in [0.1, 0.15) is 49.9 Å². The summed E-state index contributed by atoms with van der Waals surface area (Å²) in [7, 11) is 0. The minimum absolute atomic E-state index is 0.00858. The molecule has 152 valence electrons. The Morgan fingerprint density at radius 2 is 1.86 bits per heavy atom. The monoisotopic (exact) mass is 412 g/mol. The largest absolute Gasteiger partial charge is 0.462 e. The molecule has 0 saturated carbocycles. The topological polar surface area (TPSA) is 80.6 Å². The van der Waals surface area contributed by atoms with Crippen LogP contribution >= 0.6 is 12.2 Å². The van der Waals surface area contributed by atoms with E-state index in [1.54, 1.807) is 19.1 Å². The number of benzene rings is 1. The Balaban J connectivity index is 1.89. The van der Waals surface area contributed by atoms with E-state index in [0.717, 1.165) is 5.56 Å². The molecule has 1 aromatic carbocycles. The van der Waals surface area contributed by atoms with Gasteiger partial charge in [-0.15, -0.1) is 0 Å². The van der Waals surface area contributed by atoms with Crippen LogP contribution in [0.4, 0.5) is 0 Å². The lowest BCUT2D eigenvalue weighted by atomic mass is 10.0. The summed E-state index contributed by atoms with van der Waals surface area (Å²) >= 11 is 5.26. The van der Waals surface area contributed by atoms with Crippen molar-refractivity contribution in [3.8, 4) is 11.3 Å². The molecular weight excluding hydrogens is 388 g/mol. The lowest BCUT2D eigenvalue weighted by Crippen LogP contribution is -2.45. The van der Waals surface area contributed by atoms with Gasteiger partial charge in [-0.25, -0.2) is 4.79 Å². The van der Waals surface area contributed by atoms with Crippen molar-refractivity contribution in [2.75, 3.05) is 6.61 Å². The zero-order valence-corrected chi connectivity index (χ0v) is 17.7. The molecular formula is C22H24N2O4S. The minimum atomic E-state index is -0.548. The van der Waals surface area contributed by atoms with Crippen LogP contribution in [-0.4, -0.2) is 23.5 Å². The van der Waals surface area contributed by atoms with Gasteiger partial charge in [0.05, 0.1) is 12.2 Å². The van der Waals surface area contributed by atoms with Gasteiger partial charge in [-0.1, -0.05) is 38.1 Å². The Morgan fingerprint density at radius 1 is 1.17 bits per heavy atom. The molecule has 1 aliphatic heterocycles. The molecule has 0 bridgehead atoms. The second-order valence-electron chi connectivity index (χ2n) is 7.40. The van der Waals surface area contributed by atoms with Gasteiger partial charge in [0.15, 0.2) is 10.9 Å². The number of hydrogen-bond acceptors (Lipinski definition) is 5. The van der Waals surface area contributed by atoms with Crippen LogP contribution in [0.2, 0.25) is 0 Å². The summed E-state index contributed by atoms with van der Waals surface area (Å²) < 4.78 is 11.5. The van der Waals surface area contributed by atoms with Crippen molar-refractivity contribution in [1.29, 1.82) is 0 Å². The second kappa shape index (κ2) is 8.61. The third kappa shape index (κ3) is 4.74. The van der Waals surface area contributed by atoms with Crippen LogP contribution in [-0.2, 0) is 9.53 Å². The number of hydrogen-bond donors (Lipinski definition) is 2. The first-order valence-electron chi connectivity index (χ1n) is 9.42. The number of nitrogens with one attached hydrogen (secondary N) is 2. The van der Waals surface area contributed by atoms with Crippen molar-refractivity contribution < 1.29 is 18.7 Å². The summed E-state index contributed by atoms with van der Waals surface area (Å²) in [6.45, 7) is 7.61. The number of ketones is 1. The van der Waals surface area contributed by atoms with Crippen LogP contribution in [0, 0.1) is 5.92 Å². The molecule has 1 atom stereocenters. The zero-order chi connectivity index (χ0) is 21.1. The zero-order valence-electron chi connectivity index (χ0n) is 16.9. The first-order valence-corrected chi connectivity index (χ1v) is 9.83. The fourth-order valence-corrected chi connectivity index (χ4v) is 3.30. The van der Waals surface area contributed by atoms with Crippen molar-refractivity contribution in [2.24, 2.45) is 5.92 Å².